The Morgan fingerprint density at radius 3 is 1.97 bits per heavy atom. The van der Waals surface area contributed by atoms with Crippen LogP contribution in [0.1, 0.15) is 38.8 Å². The molecule has 3 rings (SSSR count). The van der Waals surface area contributed by atoms with Gasteiger partial charge >= 0.3 is 0 Å². The summed E-state index contributed by atoms with van der Waals surface area (Å²) in [6.07, 6.45) is 0. The number of aryl methyl sites for hydroxylation is 2. The standard InChI is InChI=1S/C24H25N3O4S/c1-4-27(21-8-6-5-7-9-21)32(30,31)22-16-20(15-12-18(22)3)24(29)26-25-23(28)19-13-10-17(2)11-14-19/h5-16H,4H2,1-3H3,(H,25,28)(H,26,29). The number of amides is 2. The second-order valence-corrected chi connectivity index (χ2v) is 9.09. The molecule has 0 saturated heterocycles. The summed E-state index contributed by atoms with van der Waals surface area (Å²) in [7, 11) is -3.90. The van der Waals surface area contributed by atoms with Crippen LogP contribution in [-0.4, -0.2) is 26.8 Å². The lowest BCUT2D eigenvalue weighted by Crippen LogP contribution is -2.41. The van der Waals surface area contributed by atoms with Gasteiger partial charge in [0.15, 0.2) is 0 Å². The summed E-state index contributed by atoms with van der Waals surface area (Å²) < 4.78 is 28.0. The molecule has 0 aliphatic heterocycles. The number of nitrogens with zero attached hydrogens (tertiary/aromatic N) is 1. The normalized spacial score (nSPS) is 11.0. The Bertz CT molecular complexity index is 1220. The minimum absolute atomic E-state index is 0.0284. The highest BCUT2D eigenvalue weighted by Gasteiger charge is 2.26. The summed E-state index contributed by atoms with van der Waals surface area (Å²) in [5.41, 5.74) is 7.26. The van der Waals surface area contributed by atoms with Crippen molar-refractivity contribution in [3.63, 3.8) is 0 Å². The third-order valence-corrected chi connectivity index (χ3v) is 7.00. The van der Waals surface area contributed by atoms with Gasteiger partial charge < -0.3 is 0 Å². The van der Waals surface area contributed by atoms with Gasteiger partial charge in [0.05, 0.1) is 10.6 Å². The van der Waals surface area contributed by atoms with Crippen LogP contribution in [0.5, 0.6) is 0 Å². The highest BCUT2D eigenvalue weighted by atomic mass is 32.2. The van der Waals surface area contributed by atoms with Gasteiger partial charge in [-0.15, -0.1) is 0 Å². The second kappa shape index (κ2) is 9.65. The Balaban J connectivity index is 1.82. The summed E-state index contributed by atoms with van der Waals surface area (Å²) in [6, 6.07) is 20.1. The van der Waals surface area contributed by atoms with Crippen molar-refractivity contribution in [1.82, 2.24) is 10.9 Å². The smallest absolute Gasteiger partial charge is 0.267 e. The van der Waals surface area contributed by atoms with Crippen LogP contribution >= 0.6 is 0 Å². The predicted molar refractivity (Wildman–Crippen MR) is 124 cm³/mol. The SMILES string of the molecule is CCN(c1ccccc1)S(=O)(=O)c1cc(C(=O)NNC(=O)c2ccc(C)cc2)ccc1C. The molecule has 0 saturated carbocycles. The van der Waals surface area contributed by atoms with Crippen LogP contribution in [0.3, 0.4) is 0 Å². The van der Waals surface area contributed by atoms with Crippen LogP contribution < -0.4 is 15.2 Å². The zero-order valence-corrected chi connectivity index (χ0v) is 18.9. The number of para-hydroxylation sites is 1. The molecule has 7 nitrogen and oxygen atoms in total. The average Bonchev–Trinajstić information content (AvgIpc) is 2.79. The van der Waals surface area contributed by atoms with Gasteiger partial charge in [-0.2, -0.15) is 0 Å². The van der Waals surface area contributed by atoms with Crippen molar-refractivity contribution in [1.29, 1.82) is 0 Å². The number of carbonyl (C=O) groups excluding carboxylic acids is 2. The maximum atomic E-state index is 13.4. The molecule has 0 heterocycles. The molecular weight excluding hydrogens is 426 g/mol. The van der Waals surface area contributed by atoms with Crippen LogP contribution in [0.25, 0.3) is 0 Å². The maximum Gasteiger partial charge on any atom is 0.269 e. The van der Waals surface area contributed by atoms with E-state index < -0.39 is 21.8 Å². The number of anilines is 1. The third kappa shape index (κ3) is 4.97. The van der Waals surface area contributed by atoms with E-state index in [0.29, 0.717) is 16.8 Å². The summed E-state index contributed by atoms with van der Waals surface area (Å²) in [5, 5.41) is 0. The highest BCUT2D eigenvalue weighted by Crippen LogP contribution is 2.26. The van der Waals surface area contributed by atoms with Crippen molar-refractivity contribution in [3.8, 4) is 0 Å². The van der Waals surface area contributed by atoms with Crippen molar-refractivity contribution in [3.05, 3.63) is 95.1 Å². The topological polar surface area (TPSA) is 95.6 Å². The quantitative estimate of drug-likeness (QED) is 0.560. The molecule has 2 amide bonds. The molecule has 0 fully saturated rings. The monoisotopic (exact) mass is 451 g/mol. The Labute approximate surface area is 188 Å². The first-order valence-corrected chi connectivity index (χ1v) is 11.5. The molecule has 3 aromatic rings. The molecule has 8 heteroatoms. The Morgan fingerprint density at radius 1 is 0.812 bits per heavy atom. The first kappa shape index (κ1) is 23.0. The largest absolute Gasteiger partial charge is 0.269 e. The fourth-order valence-electron chi connectivity index (χ4n) is 3.19. The molecule has 0 unspecified atom stereocenters. The number of hydrogen-bond donors (Lipinski definition) is 2. The van der Waals surface area contributed by atoms with E-state index in [9.17, 15) is 18.0 Å². The number of hydrazine groups is 1. The molecule has 166 valence electrons. The van der Waals surface area contributed by atoms with Crippen LogP contribution in [0.15, 0.2) is 77.7 Å². The van der Waals surface area contributed by atoms with E-state index in [1.807, 2.05) is 13.0 Å². The van der Waals surface area contributed by atoms with Crippen LogP contribution in [0.2, 0.25) is 0 Å². The number of nitrogens with one attached hydrogen (secondary N) is 2. The molecule has 3 aromatic carbocycles. The molecule has 0 bridgehead atoms. The van der Waals surface area contributed by atoms with E-state index in [2.05, 4.69) is 10.9 Å². The van der Waals surface area contributed by atoms with Gasteiger partial charge in [-0.05, 0) is 62.7 Å². The molecular formula is C24H25N3O4S. The van der Waals surface area contributed by atoms with Gasteiger partial charge in [-0.25, -0.2) is 8.42 Å². The first-order valence-electron chi connectivity index (χ1n) is 10.1. The average molecular weight is 452 g/mol. The zero-order valence-electron chi connectivity index (χ0n) is 18.1. The highest BCUT2D eigenvalue weighted by molar-refractivity contribution is 7.92. The minimum Gasteiger partial charge on any atom is -0.267 e. The van der Waals surface area contributed by atoms with E-state index in [-0.39, 0.29) is 17.0 Å². The number of carbonyl (C=O) groups is 2. The van der Waals surface area contributed by atoms with Crippen molar-refractivity contribution in [2.24, 2.45) is 0 Å². The van der Waals surface area contributed by atoms with Gasteiger partial charge in [0.2, 0.25) is 0 Å². The molecule has 2 N–H and O–H groups in total. The van der Waals surface area contributed by atoms with Crippen LogP contribution in [0.4, 0.5) is 5.69 Å². The van der Waals surface area contributed by atoms with Gasteiger partial charge in [0.1, 0.15) is 0 Å². The lowest BCUT2D eigenvalue weighted by atomic mass is 10.1. The summed E-state index contributed by atoms with van der Waals surface area (Å²) >= 11 is 0. The molecule has 0 aromatic heterocycles. The third-order valence-electron chi connectivity index (χ3n) is 4.95. The summed E-state index contributed by atoms with van der Waals surface area (Å²) in [4.78, 5) is 24.9. The molecule has 0 spiro atoms. The number of rotatable bonds is 6. The number of sulfonamides is 1. The van der Waals surface area contributed by atoms with Gasteiger partial charge in [-0.1, -0.05) is 42.0 Å². The van der Waals surface area contributed by atoms with Gasteiger partial charge in [-0.3, -0.25) is 24.7 Å². The van der Waals surface area contributed by atoms with Gasteiger partial charge in [0.25, 0.3) is 21.8 Å². The van der Waals surface area contributed by atoms with E-state index >= 15 is 0 Å². The Kier molecular flexibility index (Phi) is 6.95. The van der Waals surface area contributed by atoms with Crippen LogP contribution in [0, 0.1) is 13.8 Å². The first-order chi connectivity index (χ1) is 15.2. The molecule has 32 heavy (non-hydrogen) atoms. The predicted octanol–water partition coefficient (Wildman–Crippen LogP) is 3.59. The molecule has 0 aliphatic rings. The summed E-state index contributed by atoms with van der Waals surface area (Å²) in [5.74, 6) is -1.09. The fourth-order valence-corrected chi connectivity index (χ4v) is 4.91. The van der Waals surface area contributed by atoms with Crippen molar-refractivity contribution < 1.29 is 18.0 Å². The lowest BCUT2D eigenvalue weighted by Gasteiger charge is -2.24. The van der Waals surface area contributed by atoms with Crippen molar-refractivity contribution in [2.45, 2.75) is 25.7 Å². The van der Waals surface area contributed by atoms with E-state index in [0.717, 1.165) is 5.56 Å². The molecule has 0 aliphatic carbocycles. The van der Waals surface area contributed by atoms with Crippen molar-refractivity contribution in [2.75, 3.05) is 10.8 Å². The molecule has 0 atom stereocenters. The van der Waals surface area contributed by atoms with E-state index in [1.165, 1.54) is 16.4 Å². The van der Waals surface area contributed by atoms with Crippen molar-refractivity contribution >= 4 is 27.5 Å². The van der Waals surface area contributed by atoms with E-state index in [1.54, 1.807) is 68.4 Å². The van der Waals surface area contributed by atoms with E-state index in [4.69, 9.17) is 0 Å². The summed E-state index contributed by atoms with van der Waals surface area (Å²) in [6.45, 7) is 5.56. The fraction of sp³-hybridized carbons (Fsp3) is 0.167. The second-order valence-electron chi connectivity index (χ2n) is 7.26. The van der Waals surface area contributed by atoms with Crippen LogP contribution in [-0.2, 0) is 10.0 Å². The Morgan fingerprint density at radius 2 is 1.38 bits per heavy atom. The lowest BCUT2D eigenvalue weighted by molar-refractivity contribution is 0.0846. The number of benzene rings is 3. The van der Waals surface area contributed by atoms with Gasteiger partial charge in [0, 0.05) is 17.7 Å². The number of hydrogen-bond acceptors (Lipinski definition) is 4. The minimum atomic E-state index is -3.90. The molecule has 0 radical (unpaired) electrons. The zero-order chi connectivity index (χ0) is 23.3. The Hall–Kier alpha value is -3.65. The maximum absolute atomic E-state index is 13.4.